The first-order valence-corrected chi connectivity index (χ1v) is 8.92. The molecule has 4 heteroatoms. The zero-order valence-corrected chi connectivity index (χ0v) is 14.5. The normalized spacial score (nSPS) is 19.6. The Balaban J connectivity index is 2.23. The van der Waals surface area contributed by atoms with Gasteiger partial charge >= 0.3 is 0 Å². The van der Waals surface area contributed by atoms with Crippen molar-refractivity contribution in [3.05, 3.63) is 28.2 Å². The number of benzene rings is 1. The second-order valence-electron chi connectivity index (χ2n) is 5.83. The van der Waals surface area contributed by atoms with Crippen molar-refractivity contribution in [3.8, 4) is 0 Å². The average molecular weight is 355 g/mol. The molecule has 1 aromatic rings. The summed E-state index contributed by atoms with van der Waals surface area (Å²) in [5.41, 5.74) is 2.60. The Morgan fingerprint density at radius 2 is 2.19 bits per heavy atom. The van der Waals surface area contributed by atoms with Gasteiger partial charge in [0, 0.05) is 23.2 Å². The Kier molecular flexibility index (Phi) is 7.00. The van der Waals surface area contributed by atoms with E-state index in [0.717, 1.165) is 36.9 Å². The van der Waals surface area contributed by atoms with Gasteiger partial charge in [-0.25, -0.2) is 0 Å². The minimum Gasteiger partial charge on any atom is -0.394 e. The van der Waals surface area contributed by atoms with Gasteiger partial charge in [0.1, 0.15) is 0 Å². The van der Waals surface area contributed by atoms with Crippen LogP contribution < -0.4 is 10.2 Å². The van der Waals surface area contributed by atoms with Crippen LogP contribution in [0.3, 0.4) is 0 Å². The van der Waals surface area contributed by atoms with Crippen molar-refractivity contribution in [3.63, 3.8) is 0 Å². The Labute approximate surface area is 136 Å². The molecule has 1 atom stereocenters. The lowest BCUT2D eigenvalue weighted by Crippen LogP contribution is -2.38. The van der Waals surface area contributed by atoms with Crippen LogP contribution in [0.15, 0.2) is 22.7 Å². The Morgan fingerprint density at radius 1 is 1.33 bits per heavy atom. The molecular weight excluding hydrogens is 328 g/mol. The summed E-state index contributed by atoms with van der Waals surface area (Å²) >= 11 is 3.60. The smallest absolute Gasteiger partial charge is 0.0635 e. The van der Waals surface area contributed by atoms with E-state index in [1.54, 1.807) is 0 Å². The van der Waals surface area contributed by atoms with Crippen molar-refractivity contribution in [1.29, 1.82) is 0 Å². The summed E-state index contributed by atoms with van der Waals surface area (Å²) in [6.07, 6.45) is 5.94. The highest BCUT2D eigenvalue weighted by atomic mass is 79.9. The standard InChI is InChI=1S/C17H27BrN2O/c1-2-9-19-12-14-7-8-15(18)11-17(14)20-10-5-3-4-6-16(20)13-21/h7-8,11,16,19,21H,2-6,9-10,12-13H2,1H3. The first-order valence-electron chi connectivity index (χ1n) is 8.13. The van der Waals surface area contributed by atoms with Gasteiger partial charge in [0.15, 0.2) is 0 Å². The molecule has 0 spiro atoms. The Bertz CT molecular complexity index is 439. The van der Waals surface area contributed by atoms with Gasteiger partial charge in [-0.3, -0.25) is 0 Å². The molecule has 1 aliphatic heterocycles. The topological polar surface area (TPSA) is 35.5 Å². The number of aliphatic hydroxyl groups excluding tert-OH is 1. The van der Waals surface area contributed by atoms with Crippen molar-refractivity contribution >= 4 is 21.6 Å². The number of rotatable bonds is 6. The molecule has 1 heterocycles. The molecule has 0 radical (unpaired) electrons. The van der Waals surface area contributed by atoms with Gasteiger partial charge in [0.2, 0.25) is 0 Å². The maximum atomic E-state index is 9.75. The first kappa shape index (κ1) is 16.8. The molecular formula is C17H27BrN2O. The largest absolute Gasteiger partial charge is 0.394 e. The number of anilines is 1. The molecule has 0 bridgehead atoms. The minimum atomic E-state index is 0.244. The molecule has 0 aliphatic carbocycles. The number of aliphatic hydroxyl groups is 1. The third-order valence-electron chi connectivity index (χ3n) is 4.19. The van der Waals surface area contributed by atoms with Crippen molar-refractivity contribution in [2.24, 2.45) is 0 Å². The van der Waals surface area contributed by atoms with E-state index in [1.807, 2.05) is 0 Å². The second kappa shape index (κ2) is 8.76. The van der Waals surface area contributed by atoms with Gasteiger partial charge < -0.3 is 15.3 Å². The second-order valence-corrected chi connectivity index (χ2v) is 6.74. The van der Waals surface area contributed by atoms with Crippen LogP contribution in [0.25, 0.3) is 0 Å². The van der Waals surface area contributed by atoms with Gasteiger partial charge in [-0.1, -0.05) is 41.8 Å². The Morgan fingerprint density at radius 3 is 2.95 bits per heavy atom. The maximum Gasteiger partial charge on any atom is 0.0635 e. The van der Waals surface area contributed by atoms with Crippen molar-refractivity contribution in [2.75, 3.05) is 24.6 Å². The quantitative estimate of drug-likeness (QED) is 0.764. The van der Waals surface area contributed by atoms with E-state index in [1.165, 1.54) is 30.5 Å². The summed E-state index contributed by atoms with van der Waals surface area (Å²) in [6, 6.07) is 6.77. The van der Waals surface area contributed by atoms with Crippen LogP contribution in [0.4, 0.5) is 5.69 Å². The molecule has 1 aromatic carbocycles. The van der Waals surface area contributed by atoms with Crippen LogP contribution in [-0.2, 0) is 6.54 Å². The van der Waals surface area contributed by atoms with Crippen molar-refractivity contribution < 1.29 is 5.11 Å². The van der Waals surface area contributed by atoms with Gasteiger partial charge in [0.05, 0.1) is 12.6 Å². The van der Waals surface area contributed by atoms with E-state index in [4.69, 9.17) is 0 Å². The summed E-state index contributed by atoms with van der Waals surface area (Å²) in [5, 5.41) is 13.2. The van der Waals surface area contributed by atoms with E-state index in [-0.39, 0.29) is 12.6 Å². The lowest BCUT2D eigenvalue weighted by atomic mass is 10.1. The van der Waals surface area contributed by atoms with E-state index < -0.39 is 0 Å². The average Bonchev–Trinajstić information content (AvgIpc) is 2.74. The van der Waals surface area contributed by atoms with Crippen molar-refractivity contribution in [1.82, 2.24) is 5.32 Å². The highest BCUT2D eigenvalue weighted by Gasteiger charge is 2.22. The number of nitrogens with zero attached hydrogens (tertiary/aromatic N) is 1. The van der Waals surface area contributed by atoms with Crippen LogP contribution in [0.1, 0.15) is 44.6 Å². The van der Waals surface area contributed by atoms with Crippen LogP contribution >= 0.6 is 15.9 Å². The highest BCUT2D eigenvalue weighted by Crippen LogP contribution is 2.30. The van der Waals surface area contributed by atoms with Gasteiger partial charge in [-0.05, 0) is 43.5 Å². The predicted octanol–water partition coefficient (Wildman–Crippen LogP) is 3.69. The molecule has 0 amide bonds. The minimum absolute atomic E-state index is 0.244. The summed E-state index contributed by atoms with van der Waals surface area (Å²) in [6.45, 7) is 5.41. The van der Waals surface area contributed by atoms with Gasteiger partial charge in [-0.15, -0.1) is 0 Å². The fourth-order valence-corrected chi connectivity index (χ4v) is 3.39. The van der Waals surface area contributed by atoms with Crippen LogP contribution in [0.2, 0.25) is 0 Å². The van der Waals surface area contributed by atoms with Crippen LogP contribution in [0, 0.1) is 0 Å². The number of halogens is 1. The molecule has 1 aliphatic rings. The fourth-order valence-electron chi connectivity index (χ4n) is 3.04. The maximum absolute atomic E-state index is 9.75. The molecule has 2 N–H and O–H groups in total. The molecule has 2 rings (SSSR count). The van der Waals surface area contributed by atoms with E-state index in [2.05, 4.69) is 51.3 Å². The fraction of sp³-hybridized carbons (Fsp3) is 0.647. The number of hydrogen-bond donors (Lipinski definition) is 2. The van der Waals surface area contributed by atoms with E-state index in [0.29, 0.717) is 0 Å². The molecule has 21 heavy (non-hydrogen) atoms. The highest BCUT2D eigenvalue weighted by molar-refractivity contribution is 9.10. The van der Waals surface area contributed by atoms with E-state index >= 15 is 0 Å². The van der Waals surface area contributed by atoms with Crippen LogP contribution in [-0.4, -0.2) is 30.8 Å². The van der Waals surface area contributed by atoms with Gasteiger partial charge in [0.25, 0.3) is 0 Å². The summed E-state index contributed by atoms with van der Waals surface area (Å²) < 4.78 is 1.11. The van der Waals surface area contributed by atoms with Crippen LogP contribution in [0.5, 0.6) is 0 Å². The third-order valence-corrected chi connectivity index (χ3v) is 4.68. The Hall–Kier alpha value is -0.580. The summed E-state index contributed by atoms with van der Waals surface area (Å²) in [4.78, 5) is 2.42. The molecule has 0 aromatic heterocycles. The molecule has 1 saturated heterocycles. The number of nitrogens with one attached hydrogen (secondary N) is 1. The molecule has 3 nitrogen and oxygen atoms in total. The summed E-state index contributed by atoms with van der Waals surface area (Å²) in [5.74, 6) is 0. The van der Waals surface area contributed by atoms with E-state index in [9.17, 15) is 5.11 Å². The number of hydrogen-bond acceptors (Lipinski definition) is 3. The first-order chi connectivity index (χ1) is 10.3. The third kappa shape index (κ3) is 4.70. The lowest BCUT2D eigenvalue weighted by Gasteiger charge is -2.33. The SMILES string of the molecule is CCCNCc1ccc(Br)cc1N1CCCCCC1CO. The molecule has 1 unspecified atom stereocenters. The molecule has 118 valence electrons. The van der Waals surface area contributed by atoms with Gasteiger partial charge in [-0.2, -0.15) is 0 Å². The van der Waals surface area contributed by atoms with Crippen molar-refractivity contribution in [2.45, 2.75) is 51.6 Å². The monoisotopic (exact) mass is 354 g/mol. The predicted molar refractivity (Wildman–Crippen MR) is 92.8 cm³/mol. The molecule has 0 saturated carbocycles. The zero-order valence-electron chi connectivity index (χ0n) is 12.9. The molecule has 1 fully saturated rings. The summed E-state index contributed by atoms with van der Waals surface area (Å²) in [7, 11) is 0. The lowest BCUT2D eigenvalue weighted by molar-refractivity contribution is 0.255. The zero-order chi connectivity index (χ0) is 15.1.